The van der Waals surface area contributed by atoms with Crippen LogP contribution in [0.2, 0.25) is 5.02 Å². The zero-order valence-electron chi connectivity index (χ0n) is 15.3. The number of nitrogens with zero attached hydrogens (tertiary/aromatic N) is 2. The number of pyridine rings is 1. The highest BCUT2D eigenvalue weighted by Gasteiger charge is 2.29. The van der Waals surface area contributed by atoms with Crippen LogP contribution in [-0.2, 0) is 4.79 Å². The Balaban J connectivity index is 2.43. The minimum atomic E-state index is -0.864. The van der Waals surface area contributed by atoms with Gasteiger partial charge in [-0.05, 0) is 32.9 Å². The molecule has 0 aliphatic heterocycles. The molecule has 1 aromatic carbocycles. The van der Waals surface area contributed by atoms with Crippen molar-refractivity contribution in [2.75, 3.05) is 0 Å². The van der Waals surface area contributed by atoms with Crippen molar-refractivity contribution in [3.05, 3.63) is 49.3 Å². The molecule has 3 aromatic rings. The average molecular weight is 516 g/mol. The molecule has 3 rings (SSSR count). The van der Waals surface area contributed by atoms with Crippen LogP contribution < -0.4 is 10.3 Å². The number of carbonyl (C=O) groups excluding carboxylic acids is 1. The second-order valence-electron chi connectivity index (χ2n) is 6.90. The lowest BCUT2D eigenvalue weighted by molar-refractivity contribution is -0.142. The van der Waals surface area contributed by atoms with Gasteiger partial charge in [-0.1, -0.05) is 36.8 Å². The molecule has 0 unspecified atom stereocenters. The Kier molecular flexibility index (Phi) is 5.62. The standard InChI is InChI=1S/C19H16ClFIN3O3/c1-19(2,3)18(27)28-15-12(11-9(21)5-6-10(22-4)13(11)20)17(26)25-16-14(15)23-7-8-24-16/h5-8H,4H2,1-3H3,(H,24,25,26). The van der Waals surface area contributed by atoms with Crippen LogP contribution in [0.15, 0.2) is 29.3 Å². The lowest BCUT2D eigenvalue weighted by Gasteiger charge is -2.19. The summed E-state index contributed by atoms with van der Waals surface area (Å²) in [6.45, 7) is 4.99. The zero-order chi connectivity index (χ0) is 20.6. The number of hydrogen-bond donors (Lipinski definition) is 1. The largest absolute Gasteiger partial charge is 0.423 e. The maximum Gasteiger partial charge on any atom is 0.316 e. The fourth-order valence-corrected chi connectivity index (χ4v) is 4.04. The molecule has 0 bridgehead atoms. The van der Waals surface area contributed by atoms with Gasteiger partial charge in [-0.2, -0.15) is 0 Å². The van der Waals surface area contributed by atoms with Crippen LogP contribution in [0, 0.1) is 14.8 Å². The number of ether oxygens (including phenoxy) is 1. The second kappa shape index (κ2) is 7.67. The van der Waals surface area contributed by atoms with E-state index in [9.17, 15) is 14.0 Å². The molecule has 28 heavy (non-hydrogen) atoms. The summed E-state index contributed by atoms with van der Waals surface area (Å²) in [5.74, 6) is -1.50. The van der Waals surface area contributed by atoms with E-state index in [1.807, 2.05) is 0 Å². The first kappa shape index (κ1) is 20.5. The quantitative estimate of drug-likeness (QED) is 0.319. The van der Waals surface area contributed by atoms with Gasteiger partial charge in [0.1, 0.15) is 11.3 Å². The molecule has 0 saturated carbocycles. The number of carbonyl (C=O) groups is 1. The third-order valence-corrected chi connectivity index (χ3v) is 6.28. The number of esters is 1. The van der Waals surface area contributed by atoms with E-state index in [1.165, 1.54) is 24.5 Å². The van der Waals surface area contributed by atoms with Crippen LogP contribution in [0.3, 0.4) is 0 Å². The number of aromatic nitrogens is 3. The van der Waals surface area contributed by atoms with Crippen LogP contribution in [0.25, 0.3) is 22.3 Å². The molecule has 1 N–H and O–H groups in total. The molecule has 0 radical (unpaired) electrons. The van der Waals surface area contributed by atoms with Gasteiger partial charge in [-0.3, -0.25) is 9.59 Å². The minimum absolute atomic E-state index is 0.0737. The Hall–Kier alpha value is -2.20. The monoisotopic (exact) mass is 515 g/mol. The van der Waals surface area contributed by atoms with Crippen molar-refractivity contribution in [3.63, 3.8) is 0 Å². The summed E-state index contributed by atoms with van der Waals surface area (Å²) in [5.41, 5.74) is -1.66. The number of rotatable bonds is 3. The lowest BCUT2D eigenvalue weighted by atomic mass is 9.97. The summed E-state index contributed by atoms with van der Waals surface area (Å²) in [7, 11) is 0. The molecule has 0 atom stereocenters. The van der Waals surface area contributed by atoms with Gasteiger partial charge in [0, 0.05) is 21.5 Å². The first-order valence-electron chi connectivity index (χ1n) is 8.11. The van der Waals surface area contributed by atoms with Gasteiger partial charge in [-0.25, -0.2) is 14.4 Å². The lowest BCUT2D eigenvalue weighted by Crippen LogP contribution is -2.27. The van der Waals surface area contributed by atoms with E-state index in [0.717, 1.165) is 0 Å². The van der Waals surface area contributed by atoms with Gasteiger partial charge in [0.25, 0.3) is 5.56 Å². The van der Waals surface area contributed by atoms with Crippen molar-refractivity contribution < 1.29 is 13.9 Å². The number of fused-ring (bicyclic) bond motifs is 1. The van der Waals surface area contributed by atoms with Gasteiger partial charge in [0.2, 0.25) is 0 Å². The van der Waals surface area contributed by atoms with Gasteiger partial charge in [0.05, 0.1) is 16.0 Å². The number of nitrogens with one attached hydrogen (secondary N) is 1. The average Bonchev–Trinajstić information content (AvgIpc) is 2.63. The molecule has 2 heterocycles. The van der Waals surface area contributed by atoms with Crippen LogP contribution in [0.5, 0.6) is 5.75 Å². The highest BCUT2D eigenvalue weighted by Crippen LogP contribution is 2.40. The topological polar surface area (TPSA) is 84.9 Å². The zero-order valence-corrected chi connectivity index (χ0v) is 18.2. The fourth-order valence-electron chi connectivity index (χ4n) is 2.42. The van der Waals surface area contributed by atoms with Crippen molar-refractivity contribution in [1.29, 1.82) is 0 Å². The SMILES string of the molecule is C=Ic1ccc(F)c(-c2c(OC(=O)C(C)(C)C)c3nccnc3[nH]c2=O)c1Cl. The van der Waals surface area contributed by atoms with Crippen molar-refractivity contribution in [2.24, 2.45) is 5.41 Å². The van der Waals surface area contributed by atoms with E-state index in [0.29, 0.717) is 3.57 Å². The molecular weight excluding hydrogens is 500 g/mol. The highest BCUT2D eigenvalue weighted by atomic mass is 127. The van der Waals surface area contributed by atoms with Crippen molar-refractivity contribution in [2.45, 2.75) is 20.8 Å². The number of hydrogen-bond acceptors (Lipinski definition) is 5. The molecule has 0 amide bonds. The first-order chi connectivity index (χ1) is 13.1. The van der Waals surface area contributed by atoms with Gasteiger partial charge in [0.15, 0.2) is 11.4 Å². The van der Waals surface area contributed by atoms with Gasteiger partial charge in [-0.15, -0.1) is 0 Å². The molecule has 146 valence electrons. The fraction of sp³-hybridized carbons (Fsp3) is 0.211. The third kappa shape index (κ3) is 3.70. The van der Waals surface area contributed by atoms with E-state index in [-0.39, 0.29) is 33.1 Å². The van der Waals surface area contributed by atoms with E-state index < -0.39 is 43.5 Å². The Morgan fingerprint density at radius 2 is 1.93 bits per heavy atom. The summed E-state index contributed by atoms with van der Waals surface area (Å²) < 4.78 is 24.8. The molecule has 0 fully saturated rings. The summed E-state index contributed by atoms with van der Waals surface area (Å²) >= 11 is 5.67. The highest BCUT2D eigenvalue weighted by molar-refractivity contribution is 14.2. The third-order valence-electron chi connectivity index (χ3n) is 3.84. The number of benzene rings is 1. The predicted molar refractivity (Wildman–Crippen MR) is 115 cm³/mol. The Morgan fingerprint density at radius 3 is 2.57 bits per heavy atom. The second-order valence-corrected chi connectivity index (χ2v) is 9.21. The molecule has 9 heteroatoms. The van der Waals surface area contributed by atoms with E-state index >= 15 is 0 Å². The molecule has 0 spiro atoms. The number of halogens is 3. The molecule has 0 saturated heterocycles. The normalized spacial score (nSPS) is 11.6. The maximum absolute atomic E-state index is 14.8. The number of H-pyrrole nitrogens is 1. The molecule has 0 aliphatic carbocycles. The number of aromatic amines is 1. The summed E-state index contributed by atoms with van der Waals surface area (Å²) in [6.07, 6.45) is 2.77. The van der Waals surface area contributed by atoms with Crippen molar-refractivity contribution in [3.8, 4) is 16.9 Å². The smallest absolute Gasteiger partial charge is 0.316 e. The first-order valence-corrected chi connectivity index (χ1v) is 11.1. The maximum atomic E-state index is 14.8. The Labute approximate surface area is 174 Å². The van der Waals surface area contributed by atoms with Crippen LogP contribution in [0.4, 0.5) is 4.39 Å². The minimum Gasteiger partial charge on any atom is -0.423 e. The van der Waals surface area contributed by atoms with Crippen LogP contribution >= 0.6 is 32.3 Å². The van der Waals surface area contributed by atoms with Crippen LogP contribution in [0.1, 0.15) is 20.8 Å². The Morgan fingerprint density at radius 1 is 1.25 bits per heavy atom. The van der Waals surface area contributed by atoms with Crippen molar-refractivity contribution >= 4 is 54.0 Å². The van der Waals surface area contributed by atoms with E-state index in [1.54, 1.807) is 20.8 Å². The predicted octanol–water partition coefficient (Wildman–Crippen LogP) is 4.30. The summed E-state index contributed by atoms with van der Waals surface area (Å²) in [5, 5.41) is 0.0737. The van der Waals surface area contributed by atoms with E-state index in [2.05, 4.69) is 19.5 Å². The molecular formula is C19H16ClFIN3O3. The molecule has 6 nitrogen and oxygen atoms in total. The van der Waals surface area contributed by atoms with Crippen LogP contribution in [-0.4, -0.2) is 25.4 Å². The Bertz CT molecular complexity index is 1170. The molecule has 2 aromatic heterocycles. The summed E-state index contributed by atoms with van der Waals surface area (Å²) in [4.78, 5) is 36.2. The van der Waals surface area contributed by atoms with Crippen molar-refractivity contribution in [1.82, 2.24) is 15.0 Å². The van der Waals surface area contributed by atoms with Gasteiger partial charge < -0.3 is 9.72 Å². The molecule has 0 aliphatic rings. The summed E-state index contributed by atoms with van der Waals surface area (Å²) in [6, 6.07) is 2.76. The van der Waals surface area contributed by atoms with E-state index in [4.69, 9.17) is 16.3 Å². The van der Waals surface area contributed by atoms with Gasteiger partial charge >= 0.3 is 5.97 Å².